The highest BCUT2D eigenvalue weighted by atomic mass is 32.2. The van der Waals surface area contributed by atoms with Gasteiger partial charge in [-0.25, -0.2) is 17.2 Å². The zero-order valence-electron chi connectivity index (χ0n) is 9.97. The fraction of sp³-hybridized carbons (Fsp3) is 0.182. The van der Waals surface area contributed by atoms with E-state index in [-0.39, 0.29) is 5.82 Å². The van der Waals surface area contributed by atoms with Gasteiger partial charge >= 0.3 is 0 Å². The Morgan fingerprint density at radius 2 is 2.05 bits per heavy atom. The zero-order chi connectivity index (χ0) is 14.0. The van der Waals surface area contributed by atoms with E-state index in [1.807, 2.05) is 6.92 Å². The number of rotatable bonds is 4. The number of halogens is 2. The lowest BCUT2D eigenvalue weighted by Crippen LogP contribution is -2.15. The first-order valence-corrected chi connectivity index (χ1v) is 6.92. The summed E-state index contributed by atoms with van der Waals surface area (Å²) in [6.45, 7) is 2.41. The number of aryl methyl sites for hydroxylation is 1. The average molecular weight is 287 g/mol. The second-order valence-electron chi connectivity index (χ2n) is 3.74. The summed E-state index contributed by atoms with van der Waals surface area (Å²) in [5.74, 6) is -1.92. The van der Waals surface area contributed by atoms with Gasteiger partial charge in [-0.3, -0.25) is 9.40 Å². The highest BCUT2D eigenvalue weighted by molar-refractivity contribution is 7.92. The van der Waals surface area contributed by atoms with Gasteiger partial charge in [0.2, 0.25) is 0 Å². The van der Waals surface area contributed by atoms with Crippen LogP contribution in [0.3, 0.4) is 0 Å². The molecule has 1 N–H and O–H groups in total. The van der Waals surface area contributed by atoms with E-state index in [9.17, 15) is 17.2 Å². The lowest BCUT2D eigenvalue weighted by atomic mass is 10.3. The first-order chi connectivity index (χ1) is 8.92. The predicted octanol–water partition coefficient (Wildman–Crippen LogP) is 1.98. The monoisotopic (exact) mass is 287 g/mol. The summed E-state index contributed by atoms with van der Waals surface area (Å²) < 4.78 is 53.6. The van der Waals surface area contributed by atoms with Gasteiger partial charge in [-0.1, -0.05) is 0 Å². The van der Waals surface area contributed by atoms with Gasteiger partial charge in [0.1, 0.15) is 16.5 Å². The molecule has 2 rings (SSSR count). The van der Waals surface area contributed by atoms with E-state index >= 15 is 0 Å². The lowest BCUT2D eigenvalue weighted by Gasteiger charge is -2.06. The fourth-order valence-electron chi connectivity index (χ4n) is 1.48. The molecule has 0 fully saturated rings. The number of hydrogen-bond donors (Lipinski definition) is 1. The van der Waals surface area contributed by atoms with E-state index in [0.29, 0.717) is 12.6 Å². The van der Waals surface area contributed by atoms with Crippen LogP contribution in [0.2, 0.25) is 0 Å². The van der Waals surface area contributed by atoms with Crippen molar-refractivity contribution in [3.05, 3.63) is 42.1 Å². The predicted molar refractivity (Wildman–Crippen MR) is 65.1 cm³/mol. The van der Waals surface area contributed by atoms with Crippen LogP contribution < -0.4 is 4.72 Å². The fourth-order valence-corrected chi connectivity index (χ4v) is 2.54. The average Bonchev–Trinajstić information content (AvgIpc) is 2.75. The van der Waals surface area contributed by atoms with Crippen molar-refractivity contribution < 1.29 is 17.2 Å². The molecule has 0 saturated heterocycles. The molecule has 0 spiro atoms. The third-order valence-electron chi connectivity index (χ3n) is 2.39. The number of anilines is 1. The van der Waals surface area contributed by atoms with Crippen molar-refractivity contribution in [3.8, 4) is 0 Å². The molecule has 1 aromatic carbocycles. The largest absolute Gasteiger partial charge is 0.271 e. The van der Waals surface area contributed by atoms with Gasteiger partial charge in [-0.2, -0.15) is 5.10 Å². The van der Waals surface area contributed by atoms with Crippen LogP contribution in [-0.2, 0) is 16.6 Å². The molecule has 0 saturated carbocycles. The minimum Gasteiger partial charge on any atom is -0.271 e. The smallest absolute Gasteiger partial charge is 0.266 e. The van der Waals surface area contributed by atoms with Gasteiger partial charge in [0.05, 0.1) is 0 Å². The maximum absolute atomic E-state index is 13.4. The third kappa shape index (κ3) is 2.90. The van der Waals surface area contributed by atoms with Crippen LogP contribution in [0.15, 0.2) is 35.4 Å². The van der Waals surface area contributed by atoms with Crippen molar-refractivity contribution in [1.29, 1.82) is 0 Å². The van der Waals surface area contributed by atoms with Gasteiger partial charge in [0, 0.05) is 24.9 Å². The van der Waals surface area contributed by atoms with Gasteiger partial charge in [-0.05, 0) is 19.1 Å². The maximum Gasteiger partial charge on any atom is 0.266 e. The van der Waals surface area contributed by atoms with Crippen molar-refractivity contribution >= 4 is 15.8 Å². The topological polar surface area (TPSA) is 64.0 Å². The molecule has 102 valence electrons. The Balaban J connectivity index is 2.32. The molecule has 8 heteroatoms. The molecular weight excluding hydrogens is 276 g/mol. The number of nitrogens with one attached hydrogen (secondary N) is 1. The van der Waals surface area contributed by atoms with E-state index in [1.54, 1.807) is 6.20 Å². The van der Waals surface area contributed by atoms with E-state index < -0.39 is 26.6 Å². The molecule has 2 aromatic rings. The Morgan fingerprint density at radius 1 is 1.32 bits per heavy atom. The minimum atomic E-state index is -4.12. The first kappa shape index (κ1) is 13.5. The molecule has 0 amide bonds. The van der Waals surface area contributed by atoms with E-state index in [2.05, 4.69) is 9.82 Å². The number of nitrogens with zero attached hydrogens (tertiary/aromatic N) is 2. The Kier molecular flexibility index (Phi) is 3.52. The van der Waals surface area contributed by atoms with Gasteiger partial charge in [0.25, 0.3) is 10.0 Å². The third-order valence-corrected chi connectivity index (χ3v) is 3.78. The van der Waals surface area contributed by atoms with Crippen LogP contribution in [-0.4, -0.2) is 18.2 Å². The molecule has 0 bridgehead atoms. The Morgan fingerprint density at radius 3 is 2.63 bits per heavy atom. The highest BCUT2D eigenvalue weighted by Gasteiger charge is 2.20. The lowest BCUT2D eigenvalue weighted by molar-refractivity contribution is 0.551. The van der Waals surface area contributed by atoms with Crippen LogP contribution in [0.1, 0.15) is 6.92 Å². The Hall–Kier alpha value is -1.96. The van der Waals surface area contributed by atoms with E-state index in [0.717, 1.165) is 12.1 Å². The molecule has 1 aromatic heterocycles. The first-order valence-electron chi connectivity index (χ1n) is 5.43. The quantitative estimate of drug-likeness (QED) is 0.935. The van der Waals surface area contributed by atoms with Gasteiger partial charge in [0.15, 0.2) is 5.82 Å². The van der Waals surface area contributed by atoms with Crippen molar-refractivity contribution in [3.63, 3.8) is 0 Å². The summed E-state index contributed by atoms with van der Waals surface area (Å²) in [5.41, 5.74) is 0. The van der Waals surface area contributed by atoms with Gasteiger partial charge < -0.3 is 0 Å². The molecule has 19 heavy (non-hydrogen) atoms. The molecule has 0 unspecified atom stereocenters. The van der Waals surface area contributed by atoms with E-state index in [1.165, 1.54) is 10.7 Å². The molecular formula is C11H11F2N3O2S. The van der Waals surface area contributed by atoms with Crippen LogP contribution in [0.4, 0.5) is 14.6 Å². The minimum absolute atomic E-state index is 0.0746. The summed E-state index contributed by atoms with van der Waals surface area (Å²) in [5, 5.41) is 3.92. The molecule has 0 aliphatic heterocycles. The van der Waals surface area contributed by atoms with Crippen molar-refractivity contribution in [1.82, 2.24) is 9.78 Å². The van der Waals surface area contributed by atoms with Crippen molar-refractivity contribution in [2.75, 3.05) is 4.72 Å². The van der Waals surface area contributed by atoms with Gasteiger partial charge in [-0.15, -0.1) is 0 Å². The summed E-state index contributed by atoms with van der Waals surface area (Å²) >= 11 is 0. The standard InChI is InChI=1S/C11H11F2N3O2S/c1-2-16-6-5-11(14-16)15-19(17,18)10-4-3-8(12)7-9(10)13/h3-7H,2H2,1H3,(H,14,15). The van der Waals surface area contributed by atoms with Crippen LogP contribution in [0, 0.1) is 11.6 Å². The normalized spacial score (nSPS) is 11.5. The Bertz CT molecular complexity index is 698. The summed E-state index contributed by atoms with van der Waals surface area (Å²) in [4.78, 5) is -0.625. The number of aromatic nitrogens is 2. The second-order valence-corrected chi connectivity index (χ2v) is 5.39. The summed E-state index contributed by atoms with van der Waals surface area (Å²) in [6, 6.07) is 3.70. The van der Waals surface area contributed by atoms with Crippen molar-refractivity contribution in [2.24, 2.45) is 0 Å². The molecule has 0 aliphatic carbocycles. The summed E-state index contributed by atoms with van der Waals surface area (Å²) in [6.07, 6.45) is 1.58. The van der Waals surface area contributed by atoms with Crippen LogP contribution in [0.5, 0.6) is 0 Å². The second kappa shape index (κ2) is 4.96. The number of benzene rings is 1. The number of hydrogen-bond acceptors (Lipinski definition) is 3. The molecule has 5 nitrogen and oxygen atoms in total. The molecule has 0 aliphatic rings. The zero-order valence-corrected chi connectivity index (χ0v) is 10.8. The molecule has 0 radical (unpaired) electrons. The molecule has 1 heterocycles. The van der Waals surface area contributed by atoms with Crippen molar-refractivity contribution in [2.45, 2.75) is 18.4 Å². The SMILES string of the molecule is CCn1ccc(NS(=O)(=O)c2ccc(F)cc2F)n1. The highest BCUT2D eigenvalue weighted by Crippen LogP contribution is 2.18. The van der Waals surface area contributed by atoms with Crippen LogP contribution in [0.25, 0.3) is 0 Å². The summed E-state index contributed by atoms with van der Waals surface area (Å²) in [7, 11) is -4.12. The number of sulfonamides is 1. The maximum atomic E-state index is 13.4. The Labute approximate surface area is 108 Å². The van der Waals surface area contributed by atoms with E-state index in [4.69, 9.17) is 0 Å². The molecule has 0 atom stereocenters. The van der Waals surface area contributed by atoms with Crippen LogP contribution >= 0.6 is 0 Å².